The van der Waals surface area contributed by atoms with Gasteiger partial charge in [-0.25, -0.2) is 18.0 Å². The minimum Gasteiger partial charge on any atom is -0.420 e. The van der Waals surface area contributed by atoms with Crippen LogP contribution in [0.1, 0.15) is 73.5 Å². The van der Waals surface area contributed by atoms with Crippen molar-refractivity contribution >= 4 is 17.7 Å². The summed E-state index contributed by atoms with van der Waals surface area (Å²) in [5.74, 6) is -1.90. The van der Waals surface area contributed by atoms with Crippen LogP contribution >= 0.6 is 11.8 Å². The molecule has 2 unspecified atom stereocenters. The SMILES string of the molecule is CCCCSc1ccc(OC(=O)c2ccc(C3CCC(OCC)CO3)cc2)c(F)c1C(F)F. The molecule has 0 radical (unpaired) electrons. The Hall–Kier alpha value is -2.03. The highest BCUT2D eigenvalue weighted by Gasteiger charge is 2.25. The Bertz CT molecular complexity index is 913. The number of rotatable bonds is 10. The van der Waals surface area contributed by atoms with Crippen molar-refractivity contribution in [1.29, 1.82) is 0 Å². The first-order chi connectivity index (χ1) is 15.9. The zero-order valence-corrected chi connectivity index (χ0v) is 19.6. The van der Waals surface area contributed by atoms with Gasteiger partial charge in [0.2, 0.25) is 0 Å². The number of unbranched alkanes of at least 4 members (excludes halogenated alkanes) is 1. The Morgan fingerprint density at radius 1 is 1.15 bits per heavy atom. The van der Waals surface area contributed by atoms with Gasteiger partial charge in [-0.05, 0) is 61.8 Å². The zero-order valence-electron chi connectivity index (χ0n) is 18.8. The monoisotopic (exact) mass is 482 g/mol. The molecule has 0 amide bonds. The molecule has 0 aliphatic carbocycles. The quantitative estimate of drug-likeness (QED) is 0.156. The number of thioether (sulfide) groups is 1. The summed E-state index contributed by atoms with van der Waals surface area (Å²) in [5.41, 5.74) is 0.388. The Morgan fingerprint density at radius 2 is 1.91 bits per heavy atom. The van der Waals surface area contributed by atoms with Crippen LogP contribution in [0.4, 0.5) is 13.2 Å². The zero-order chi connectivity index (χ0) is 23.8. The average Bonchev–Trinajstić information content (AvgIpc) is 2.81. The largest absolute Gasteiger partial charge is 0.420 e. The number of alkyl halides is 2. The lowest BCUT2D eigenvalue weighted by atomic mass is 9.99. The highest BCUT2D eigenvalue weighted by atomic mass is 32.2. The first-order valence-electron chi connectivity index (χ1n) is 11.2. The lowest BCUT2D eigenvalue weighted by Crippen LogP contribution is -2.27. The number of halogens is 3. The molecule has 33 heavy (non-hydrogen) atoms. The third-order valence-electron chi connectivity index (χ3n) is 5.44. The van der Waals surface area contributed by atoms with Crippen LogP contribution in [0, 0.1) is 5.82 Å². The Kier molecular flexibility index (Phi) is 9.64. The van der Waals surface area contributed by atoms with Gasteiger partial charge in [0.15, 0.2) is 11.6 Å². The van der Waals surface area contributed by atoms with Crippen LogP contribution in [0.3, 0.4) is 0 Å². The van der Waals surface area contributed by atoms with Gasteiger partial charge in [-0.3, -0.25) is 0 Å². The third kappa shape index (κ3) is 6.74. The summed E-state index contributed by atoms with van der Waals surface area (Å²) in [6.45, 7) is 5.10. The molecule has 0 N–H and O–H groups in total. The van der Waals surface area contributed by atoms with Crippen LogP contribution in [0.25, 0.3) is 0 Å². The molecular formula is C25H29F3O4S. The van der Waals surface area contributed by atoms with Crippen LogP contribution < -0.4 is 4.74 Å². The maximum atomic E-state index is 14.8. The molecule has 1 aliphatic rings. The van der Waals surface area contributed by atoms with E-state index in [4.69, 9.17) is 14.2 Å². The number of ether oxygens (including phenoxy) is 3. The number of hydrogen-bond donors (Lipinski definition) is 0. The fraction of sp³-hybridized carbons (Fsp3) is 0.480. The summed E-state index contributed by atoms with van der Waals surface area (Å²) < 4.78 is 58.3. The predicted molar refractivity (Wildman–Crippen MR) is 122 cm³/mol. The molecule has 2 atom stereocenters. The van der Waals surface area contributed by atoms with E-state index in [1.807, 2.05) is 13.8 Å². The van der Waals surface area contributed by atoms with Crippen molar-refractivity contribution in [1.82, 2.24) is 0 Å². The first-order valence-corrected chi connectivity index (χ1v) is 12.2. The molecule has 1 aliphatic heterocycles. The molecule has 1 saturated heterocycles. The number of esters is 1. The normalized spacial score (nSPS) is 18.5. The molecule has 1 fully saturated rings. The molecule has 0 aromatic heterocycles. The van der Waals surface area contributed by atoms with Gasteiger partial charge in [-0.1, -0.05) is 25.5 Å². The second-order valence-corrected chi connectivity index (χ2v) is 8.92. The molecule has 2 aromatic rings. The van der Waals surface area contributed by atoms with Crippen molar-refractivity contribution in [2.75, 3.05) is 19.0 Å². The van der Waals surface area contributed by atoms with Crippen molar-refractivity contribution in [3.8, 4) is 5.75 Å². The van der Waals surface area contributed by atoms with Gasteiger partial charge in [-0.2, -0.15) is 0 Å². The lowest BCUT2D eigenvalue weighted by Gasteiger charge is -2.29. The Labute approximate surface area is 196 Å². The van der Waals surface area contributed by atoms with Crippen LogP contribution in [-0.4, -0.2) is 31.0 Å². The number of benzene rings is 2. The van der Waals surface area contributed by atoms with E-state index in [1.54, 1.807) is 24.3 Å². The summed E-state index contributed by atoms with van der Waals surface area (Å²) in [4.78, 5) is 12.7. The van der Waals surface area contributed by atoms with Crippen molar-refractivity contribution in [3.63, 3.8) is 0 Å². The Morgan fingerprint density at radius 3 is 2.52 bits per heavy atom. The number of carbonyl (C=O) groups is 1. The van der Waals surface area contributed by atoms with Crippen molar-refractivity contribution in [2.45, 2.75) is 63.1 Å². The summed E-state index contributed by atoms with van der Waals surface area (Å²) in [6.07, 6.45) is 0.444. The minimum absolute atomic E-state index is 0.0874. The summed E-state index contributed by atoms with van der Waals surface area (Å²) in [5, 5.41) is 0. The molecule has 1 heterocycles. The van der Waals surface area contributed by atoms with E-state index >= 15 is 0 Å². The Balaban J connectivity index is 1.66. The van der Waals surface area contributed by atoms with Crippen LogP contribution in [0.2, 0.25) is 0 Å². The molecule has 3 rings (SSSR count). The topological polar surface area (TPSA) is 44.8 Å². The van der Waals surface area contributed by atoms with E-state index in [-0.39, 0.29) is 22.7 Å². The van der Waals surface area contributed by atoms with Gasteiger partial charge in [0.1, 0.15) is 0 Å². The van der Waals surface area contributed by atoms with Crippen LogP contribution in [-0.2, 0) is 9.47 Å². The van der Waals surface area contributed by atoms with Crippen molar-refractivity contribution in [2.24, 2.45) is 0 Å². The van der Waals surface area contributed by atoms with Crippen LogP contribution in [0.15, 0.2) is 41.3 Å². The maximum absolute atomic E-state index is 14.8. The number of hydrogen-bond acceptors (Lipinski definition) is 5. The molecule has 0 bridgehead atoms. The molecule has 180 valence electrons. The summed E-state index contributed by atoms with van der Waals surface area (Å²) in [6, 6.07) is 9.26. The van der Waals surface area contributed by atoms with Crippen molar-refractivity contribution in [3.05, 3.63) is 58.9 Å². The van der Waals surface area contributed by atoms with Gasteiger partial charge >= 0.3 is 5.97 Å². The van der Waals surface area contributed by atoms with Gasteiger partial charge in [0.25, 0.3) is 6.43 Å². The molecule has 0 spiro atoms. The second-order valence-electron chi connectivity index (χ2n) is 7.78. The van der Waals surface area contributed by atoms with Gasteiger partial charge in [-0.15, -0.1) is 11.8 Å². The van der Waals surface area contributed by atoms with E-state index in [0.717, 1.165) is 31.2 Å². The molecule has 2 aromatic carbocycles. The van der Waals surface area contributed by atoms with Crippen molar-refractivity contribution < 1.29 is 32.2 Å². The van der Waals surface area contributed by atoms with Gasteiger partial charge in [0.05, 0.1) is 29.9 Å². The standard InChI is InChI=1S/C25H29F3O4S/c1-3-5-14-33-21-13-12-20(23(26)22(21)24(27)28)32-25(29)17-8-6-16(7-9-17)19-11-10-18(15-31-19)30-4-2/h6-9,12-13,18-19,24H,3-5,10-11,14-15H2,1-2H3. The first kappa shape index (κ1) is 25.6. The van der Waals surface area contributed by atoms with Gasteiger partial charge in [0, 0.05) is 11.5 Å². The molecule has 0 saturated carbocycles. The highest BCUT2D eigenvalue weighted by Crippen LogP contribution is 2.37. The van der Waals surface area contributed by atoms with Crippen LogP contribution in [0.5, 0.6) is 5.75 Å². The minimum atomic E-state index is -3.01. The van der Waals surface area contributed by atoms with E-state index in [1.165, 1.54) is 23.9 Å². The predicted octanol–water partition coefficient (Wildman–Crippen LogP) is 7.13. The highest BCUT2D eigenvalue weighted by molar-refractivity contribution is 7.99. The maximum Gasteiger partial charge on any atom is 0.343 e. The number of carbonyl (C=O) groups excluding carboxylic acids is 1. The van der Waals surface area contributed by atoms with E-state index in [0.29, 0.717) is 19.0 Å². The van der Waals surface area contributed by atoms with E-state index in [2.05, 4.69) is 0 Å². The molecule has 8 heteroatoms. The van der Waals surface area contributed by atoms with Gasteiger partial charge < -0.3 is 14.2 Å². The molecular weight excluding hydrogens is 453 g/mol. The second kappa shape index (κ2) is 12.4. The third-order valence-corrected chi connectivity index (χ3v) is 6.60. The molecule has 4 nitrogen and oxygen atoms in total. The summed E-state index contributed by atoms with van der Waals surface area (Å²) in [7, 11) is 0. The fourth-order valence-corrected chi connectivity index (χ4v) is 4.79. The average molecular weight is 483 g/mol. The van der Waals surface area contributed by atoms with E-state index in [9.17, 15) is 18.0 Å². The lowest BCUT2D eigenvalue weighted by molar-refractivity contribution is -0.0840. The smallest absolute Gasteiger partial charge is 0.343 e. The van der Waals surface area contributed by atoms with E-state index < -0.39 is 29.5 Å². The summed E-state index contributed by atoms with van der Waals surface area (Å²) >= 11 is 1.18. The fourth-order valence-electron chi connectivity index (χ4n) is 3.64.